The second-order valence-electron chi connectivity index (χ2n) is 4.16. The quantitative estimate of drug-likeness (QED) is 0.664. The van der Waals surface area contributed by atoms with Crippen molar-refractivity contribution in [1.82, 2.24) is 10.6 Å². The van der Waals surface area contributed by atoms with E-state index in [9.17, 15) is 0 Å². The van der Waals surface area contributed by atoms with Gasteiger partial charge in [-0.15, -0.1) is 0 Å². The standard InChI is InChI=1S/C10H20N2.2ClH.Pt/c1-3-7-11-9(5-1)10-6-2-4-8-12-10;;;/h9-12H,1-8H2;2*1H;/q;;;+2/p-2. The van der Waals surface area contributed by atoms with Crippen LogP contribution in [0.15, 0.2) is 0 Å². The molecule has 0 saturated carbocycles. The summed E-state index contributed by atoms with van der Waals surface area (Å²) in [4.78, 5) is 0. The van der Waals surface area contributed by atoms with E-state index in [0.29, 0.717) is 0 Å². The van der Waals surface area contributed by atoms with Gasteiger partial charge >= 0.3 is 35.3 Å². The first-order valence-corrected chi connectivity index (χ1v) is 11.3. The Hall–Kier alpha value is 1.19. The van der Waals surface area contributed by atoms with E-state index >= 15 is 0 Å². The maximum atomic E-state index is 4.88. The third-order valence-corrected chi connectivity index (χ3v) is 3.18. The Kier molecular flexibility index (Phi) is 8.78. The van der Waals surface area contributed by atoms with Crippen molar-refractivity contribution in [3.05, 3.63) is 0 Å². The minimum absolute atomic E-state index is 0.472. The van der Waals surface area contributed by atoms with Gasteiger partial charge in [0.25, 0.3) is 0 Å². The maximum absolute atomic E-state index is 4.88. The summed E-state index contributed by atoms with van der Waals surface area (Å²) in [5.74, 6) is 0. The zero-order valence-electron chi connectivity index (χ0n) is 8.88. The van der Waals surface area contributed by atoms with Gasteiger partial charge in [0, 0.05) is 12.1 Å². The molecule has 0 radical (unpaired) electrons. The summed E-state index contributed by atoms with van der Waals surface area (Å²) in [5.41, 5.74) is 0. The van der Waals surface area contributed by atoms with E-state index in [0.717, 1.165) is 12.1 Å². The normalized spacial score (nSPS) is 31.9. The molecule has 2 atom stereocenters. The third kappa shape index (κ3) is 5.88. The van der Waals surface area contributed by atoms with Crippen LogP contribution in [0.5, 0.6) is 0 Å². The Balaban J connectivity index is 0.000000337. The molecule has 2 N–H and O–H groups in total. The molecule has 2 saturated heterocycles. The van der Waals surface area contributed by atoms with Gasteiger partial charge in [-0.1, -0.05) is 12.8 Å². The molecule has 2 rings (SSSR count). The van der Waals surface area contributed by atoms with Crippen LogP contribution in [0.3, 0.4) is 0 Å². The molecule has 0 spiro atoms. The van der Waals surface area contributed by atoms with E-state index < -0.39 is 16.5 Å². The molecule has 0 bridgehead atoms. The van der Waals surface area contributed by atoms with Crippen LogP contribution in [0.25, 0.3) is 0 Å². The van der Waals surface area contributed by atoms with Gasteiger partial charge in [-0.05, 0) is 38.8 Å². The number of hydrogen-bond donors (Lipinski definition) is 2. The van der Waals surface area contributed by atoms with E-state index in [1.165, 1.54) is 51.6 Å². The van der Waals surface area contributed by atoms with E-state index in [-0.39, 0.29) is 0 Å². The molecule has 5 heteroatoms. The van der Waals surface area contributed by atoms with Crippen LogP contribution in [-0.2, 0) is 16.5 Å². The van der Waals surface area contributed by atoms with Gasteiger partial charge in [-0.3, -0.25) is 0 Å². The Labute approximate surface area is 109 Å². The average molecular weight is 434 g/mol. The van der Waals surface area contributed by atoms with E-state index in [4.69, 9.17) is 18.8 Å². The van der Waals surface area contributed by atoms with Crippen LogP contribution >= 0.6 is 18.8 Å². The molecule has 2 aliphatic rings. The molecule has 2 fully saturated rings. The van der Waals surface area contributed by atoms with E-state index in [2.05, 4.69) is 10.6 Å². The van der Waals surface area contributed by atoms with E-state index in [1.54, 1.807) is 0 Å². The molecule has 2 nitrogen and oxygen atoms in total. The molecule has 15 heavy (non-hydrogen) atoms. The van der Waals surface area contributed by atoms with Crippen LogP contribution in [0.4, 0.5) is 0 Å². The predicted octanol–water partition coefficient (Wildman–Crippen LogP) is 2.65. The molecule has 0 aromatic rings. The van der Waals surface area contributed by atoms with Crippen molar-refractivity contribution in [1.29, 1.82) is 0 Å². The molecule has 0 aromatic heterocycles. The summed E-state index contributed by atoms with van der Waals surface area (Å²) in [6.07, 6.45) is 8.38. The van der Waals surface area contributed by atoms with Crippen LogP contribution in [0, 0.1) is 0 Å². The van der Waals surface area contributed by atoms with Crippen molar-refractivity contribution in [3.63, 3.8) is 0 Å². The first kappa shape index (κ1) is 14.3. The Morgan fingerprint density at radius 2 is 1.20 bits per heavy atom. The second-order valence-corrected chi connectivity index (χ2v) is 7.44. The molecule has 0 aliphatic carbocycles. The van der Waals surface area contributed by atoms with Crippen LogP contribution in [0.1, 0.15) is 38.5 Å². The minimum atomic E-state index is -0.472. The van der Waals surface area contributed by atoms with Gasteiger partial charge in [0.2, 0.25) is 0 Å². The monoisotopic (exact) mass is 433 g/mol. The zero-order valence-corrected chi connectivity index (χ0v) is 12.7. The fraction of sp³-hybridized carbons (Fsp3) is 1.00. The summed E-state index contributed by atoms with van der Waals surface area (Å²) in [7, 11) is 9.75. The Bertz CT molecular complexity index is 132. The molecule has 2 aliphatic heterocycles. The van der Waals surface area contributed by atoms with Crippen LogP contribution in [0.2, 0.25) is 0 Å². The van der Waals surface area contributed by atoms with Gasteiger partial charge in [0.15, 0.2) is 0 Å². The number of hydrogen-bond acceptors (Lipinski definition) is 2. The van der Waals surface area contributed by atoms with Crippen molar-refractivity contribution < 1.29 is 16.5 Å². The van der Waals surface area contributed by atoms with Crippen LogP contribution < -0.4 is 10.6 Å². The number of halogens is 2. The summed E-state index contributed by atoms with van der Waals surface area (Å²) >= 11 is -0.472. The zero-order chi connectivity index (χ0) is 10.9. The molecule has 2 heterocycles. The van der Waals surface area contributed by atoms with Crippen molar-refractivity contribution in [3.8, 4) is 0 Å². The first-order chi connectivity index (χ1) is 7.38. The topological polar surface area (TPSA) is 24.1 Å². The number of piperidine rings is 2. The summed E-state index contributed by atoms with van der Waals surface area (Å²) in [5, 5.41) is 7.25. The average Bonchev–Trinajstić information content (AvgIpc) is 2.32. The van der Waals surface area contributed by atoms with E-state index in [1.807, 2.05) is 0 Å². The SMILES string of the molecule is C1CCC(C2CCCCN2)NC1.[Cl][Pt][Cl]. The predicted molar refractivity (Wildman–Crippen MR) is 63.0 cm³/mol. The second kappa shape index (κ2) is 9.24. The molecule has 94 valence electrons. The Morgan fingerprint density at radius 1 is 0.800 bits per heavy atom. The summed E-state index contributed by atoms with van der Waals surface area (Å²) < 4.78 is 0. The van der Waals surface area contributed by atoms with Crippen molar-refractivity contribution in [2.45, 2.75) is 50.6 Å². The molecule has 2 unspecified atom stereocenters. The Morgan fingerprint density at radius 3 is 1.47 bits per heavy atom. The van der Waals surface area contributed by atoms with Gasteiger partial charge in [0.05, 0.1) is 0 Å². The summed E-state index contributed by atoms with van der Waals surface area (Å²) in [6.45, 7) is 2.48. The van der Waals surface area contributed by atoms with Crippen molar-refractivity contribution >= 4 is 18.8 Å². The van der Waals surface area contributed by atoms with Gasteiger partial charge in [0.1, 0.15) is 0 Å². The fourth-order valence-electron chi connectivity index (χ4n) is 2.44. The van der Waals surface area contributed by atoms with Gasteiger partial charge in [-0.25, -0.2) is 0 Å². The molecule has 0 amide bonds. The van der Waals surface area contributed by atoms with Gasteiger partial charge < -0.3 is 10.6 Å². The van der Waals surface area contributed by atoms with Crippen molar-refractivity contribution in [2.75, 3.05) is 13.1 Å². The number of rotatable bonds is 1. The molecular formula is C10H20Cl2N2Pt. The first-order valence-electron chi connectivity index (χ1n) is 5.67. The van der Waals surface area contributed by atoms with Gasteiger partial charge in [-0.2, -0.15) is 0 Å². The third-order valence-electron chi connectivity index (χ3n) is 3.18. The van der Waals surface area contributed by atoms with Crippen molar-refractivity contribution in [2.24, 2.45) is 0 Å². The fourth-order valence-corrected chi connectivity index (χ4v) is 2.44. The van der Waals surface area contributed by atoms with Crippen LogP contribution in [-0.4, -0.2) is 25.2 Å². The number of nitrogens with one attached hydrogen (secondary N) is 2. The summed E-state index contributed by atoms with van der Waals surface area (Å²) in [6, 6.07) is 1.55. The molecular weight excluding hydrogens is 414 g/mol. The molecule has 0 aromatic carbocycles.